The van der Waals surface area contributed by atoms with Crippen LogP contribution >= 0.6 is 15.9 Å². The normalized spacial score (nSPS) is 30.1. The van der Waals surface area contributed by atoms with E-state index in [0.29, 0.717) is 6.54 Å². The highest BCUT2D eigenvalue weighted by molar-refractivity contribution is 9.10. The lowest BCUT2D eigenvalue weighted by molar-refractivity contribution is -0.00821. The SMILES string of the molecule is CC1CCC(CN)(C(O)c2cccc(Br)c2)CC1. The molecule has 0 heterocycles. The van der Waals surface area contributed by atoms with Crippen LogP contribution < -0.4 is 5.73 Å². The smallest absolute Gasteiger partial charge is 0.0858 e. The van der Waals surface area contributed by atoms with E-state index in [1.165, 1.54) is 12.8 Å². The van der Waals surface area contributed by atoms with E-state index in [2.05, 4.69) is 22.9 Å². The van der Waals surface area contributed by atoms with Crippen molar-refractivity contribution in [3.63, 3.8) is 0 Å². The summed E-state index contributed by atoms with van der Waals surface area (Å²) in [4.78, 5) is 0. The number of hydrogen-bond acceptors (Lipinski definition) is 2. The molecule has 1 fully saturated rings. The minimum absolute atomic E-state index is 0.132. The summed E-state index contributed by atoms with van der Waals surface area (Å²) in [5.74, 6) is 0.763. The Labute approximate surface area is 118 Å². The first-order chi connectivity index (χ1) is 8.57. The molecular formula is C15H22BrNO. The molecule has 0 radical (unpaired) electrons. The van der Waals surface area contributed by atoms with Gasteiger partial charge in [0.25, 0.3) is 0 Å². The van der Waals surface area contributed by atoms with Gasteiger partial charge in [0.1, 0.15) is 0 Å². The summed E-state index contributed by atoms with van der Waals surface area (Å²) >= 11 is 3.46. The van der Waals surface area contributed by atoms with Crippen molar-refractivity contribution in [1.29, 1.82) is 0 Å². The second-order valence-electron chi connectivity index (χ2n) is 5.71. The average Bonchev–Trinajstić information content (AvgIpc) is 2.39. The van der Waals surface area contributed by atoms with Crippen LogP contribution in [-0.2, 0) is 0 Å². The Morgan fingerprint density at radius 3 is 2.67 bits per heavy atom. The number of aliphatic hydroxyl groups is 1. The van der Waals surface area contributed by atoms with Crippen LogP contribution in [0.1, 0.15) is 44.3 Å². The monoisotopic (exact) mass is 311 g/mol. The largest absolute Gasteiger partial charge is 0.388 e. The van der Waals surface area contributed by atoms with Crippen LogP contribution in [0.2, 0.25) is 0 Å². The van der Waals surface area contributed by atoms with Crippen LogP contribution in [0.3, 0.4) is 0 Å². The average molecular weight is 312 g/mol. The van der Waals surface area contributed by atoms with E-state index < -0.39 is 6.10 Å². The lowest BCUT2D eigenvalue weighted by Crippen LogP contribution is -2.39. The van der Waals surface area contributed by atoms with E-state index in [0.717, 1.165) is 28.8 Å². The fourth-order valence-electron chi connectivity index (χ4n) is 2.96. The molecule has 1 unspecified atom stereocenters. The van der Waals surface area contributed by atoms with E-state index in [4.69, 9.17) is 5.73 Å². The molecule has 0 amide bonds. The number of aliphatic hydroxyl groups excluding tert-OH is 1. The Balaban J connectivity index is 2.22. The van der Waals surface area contributed by atoms with Gasteiger partial charge in [-0.15, -0.1) is 0 Å². The standard InChI is InChI=1S/C15H22BrNO/c1-11-5-7-15(10-17,8-6-11)14(18)12-3-2-4-13(16)9-12/h2-4,9,11,14,18H,5-8,10,17H2,1H3. The fourth-order valence-corrected chi connectivity index (χ4v) is 3.37. The molecule has 100 valence electrons. The van der Waals surface area contributed by atoms with Crippen molar-refractivity contribution in [2.45, 2.75) is 38.7 Å². The zero-order valence-corrected chi connectivity index (χ0v) is 12.5. The minimum atomic E-state index is -0.451. The van der Waals surface area contributed by atoms with Gasteiger partial charge in [-0.1, -0.05) is 47.8 Å². The molecule has 0 aromatic heterocycles. The van der Waals surface area contributed by atoms with Crippen LogP contribution in [0.25, 0.3) is 0 Å². The highest BCUT2D eigenvalue weighted by atomic mass is 79.9. The van der Waals surface area contributed by atoms with E-state index in [1.807, 2.05) is 24.3 Å². The molecule has 0 spiro atoms. The molecule has 1 aliphatic rings. The number of hydrogen-bond donors (Lipinski definition) is 2. The summed E-state index contributed by atoms with van der Waals surface area (Å²) in [5.41, 5.74) is 6.83. The van der Waals surface area contributed by atoms with Gasteiger partial charge in [0.15, 0.2) is 0 Å². The lowest BCUT2D eigenvalue weighted by atomic mass is 9.66. The van der Waals surface area contributed by atoms with Gasteiger partial charge in [0.05, 0.1) is 6.10 Å². The van der Waals surface area contributed by atoms with E-state index in [9.17, 15) is 5.11 Å². The number of nitrogens with two attached hydrogens (primary N) is 1. The second kappa shape index (κ2) is 5.72. The van der Waals surface area contributed by atoms with Gasteiger partial charge in [0, 0.05) is 16.4 Å². The molecule has 2 rings (SSSR count). The quantitative estimate of drug-likeness (QED) is 0.895. The zero-order valence-electron chi connectivity index (χ0n) is 10.9. The third kappa shape index (κ3) is 2.79. The summed E-state index contributed by atoms with van der Waals surface area (Å²) in [6, 6.07) is 7.94. The van der Waals surface area contributed by atoms with Crippen LogP contribution in [0.5, 0.6) is 0 Å². The molecule has 0 saturated heterocycles. The summed E-state index contributed by atoms with van der Waals surface area (Å²) in [6.07, 6.45) is 3.94. The van der Waals surface area contributed by atoms with E-state index >= 15 is 0 Å². The van der Waals surface area contributed by atoms with Crippen molar-refractivity contribution >= 4 is 15.9 Å². The summed E-state index contributed by atoms with van der Waals surface area (Å²) in [6.45, 7) is 2.85. The highest BCUT2D eigenvalue weighted by Crippen LogP contribution is 2.46. The molecule has 1 saturated carbocycles. The first-order valence-electron chi connectivity index (χ1n) is 6.71. The third-order valence-electron chi connectivity index (χ3n) is 4.42. The van der Waals surface area contributed by atoms with Crippen LogP contribution in [-0.4, -0.2) is 11.7 Å². The molecular weight excluding hydrogens is 290 g/mol. The van der Waals surface area contributed by atoms with Crippen molar-refractivity contribution in [2.24, 2.45) is 17.1 Å². The Bertz CT molecular complexity index is 399. The predicted octanol–water partition coefficient (Wildman–Crippen LogP) is 3.64. The van der Waals surface area contributed by atoms with Gasteiger partial charge >= 0.3 is 0 Å². The Hall–Kier alpha value is -0.380. The van der Waals surface area contributed by atoms with E-state index in [1.54, 1.807) is 0 Å². The first-order valence-corrected chi connectivity index (χ1v) is 7.50. The Morgan fingerprint density at radius 2 is 2.11 bits per heavy atom. The molecule has 1 aliphatic carbocycles. The third-order valence-corrected chi connectivity index (χ3v) is 4.91. The zero-order chi connectivity index (χ0) is 13.2. The Morgan fingerprint density at radius 1 is 1.44 bits per heavy atom. The van der Waals surface area contributed by atoms with Gasteiger partial charge in [-0.3, -0.25) is 0 Å². The molecule has 2 nitrogen and oxygen atoms in total. The summed E-state index contributed by atoms with van der Waals surface area (Å²) < 4.78 is 1.01. The summed E-state index contributed by atoms with van der Waals surface area (Å²) in [5, 5.41) is 10.7. The topological polar surface area (TPSA) is 46.2 Å². The van der Waals surface area contributed by atoms with Crippen LogP contribution in [0.4, 0.5) is 0 Å². The van der Waals surface area contributed by atoms with Crippen molar-refractivity contribution in [1.82, 2.24) is 0 Å². The van der Waals surface area contributed by atoms with Crippen molar-refractivity contribution < 1.29 is 5.11 Å². The van der Waals surface area contributed by atoms with Crippen LogP contribution in [0.15, 0.2) is 28.7 Å². The molecule has 0 bridgehead atoms. The van der Waals surface area contributed by atoms with Crippen LogP contribution in [0, 0.1) is 11.3 Å². The minimum Gasteiger partial charge on any atom is -0.388 e. The van der Waals surface area contributed by atoms with Gasteiger partial charge in [-0.25, -0.2) is 0 Å². The molecule has 0 aliphatic heterocycles. The fraction of sp³-hybridized carbons (Fsp3) is 0.600. The van der Waals surface area contributed by atoms with Gasteiger partial charge in [-0.2, -0.15) is 0 Å². The summed E-state index contributed by atoms with van der Waals surface area (Å²) in [7, 11) is 0. The maximum Gasteiger partial charge on any atom is 0.0858 e. The highest BCUT2D eigenvalue weighted by Gasteiger charge is 2.40. The molecule has 1 aromatic carbocycles. The van der Waals surface area contributed by atoms with E-state index in [-0.39, 0.29) is 5.41 Å². The number of benzene rings is 1. The number of halogens is 1. The molecule has 1 atom stereocenters. The van der Waals surface area contributed by atoms with Crippen molar-refractivity contribution in [2.75, 3.05) is 6.54 Å². The maximum atomic E-state index is 10.7. The first kappa shape index (κ1) is 14.0. The molecule has 18 heavy (non-hydrogen) atoms. The number of rotatable bonds is 3. The molecule has 1 aromatic rings. The van der Waals surface area contributed by atoms with Crippen molar-refractivity contribution in [3.05, 3.63) is 34.3 Å². The van der Waals surface area contributed by atoms with Gasteiger partial charge < -0.3 is 10.8 Å². The maximum absolute atomic E-state index is 10.7. The predicted molar refractivity (Wildman–Crippen MR) is 78.2 cm³/mol. The van der Waals surface area contributed by atoms with Crippen molar-refractivity contribution in [3.8, 4) is 0 Å². The van der Waals surface area contributed by atoms with Gasteiger partial charge in [0.2, 0.25) is 0 Å². The second-order valence-corrected chi connectivity index (χ2v) is 6.62. The lowest BCUT2D eigenvalue weighted by Gasteiger charge is -2.42. The Kier molecular flexibility index (Phi) is 4.46. The van der Waals surface area contributed by atoms with Gasteiger partial charge in [-0.05, 0) is 36.5 Å². The molecule has 3 N–H and O–H groups in total. The molecule has 3 heteroatoms.